The third-order valence-electron chi connectivity index (χ3n) is 6.10. The predicted octanol–water partition coefficient (Wildman–Crippen LogP) is 3.49. The van der Waals surface area contributed by atoms with Gasteiger partial charge in [0.2, 0.25) is 0 Å². The van der Waals surface area contributed by atoms with E-state index in [4.69, 9.17) is 9.47 Å². The zero-order valence-electron chi connectivity index (χ0n) is 19.9. The number of phenolic OH excluding ortho intramolecular Hbond substituents is 1. The Morgan fingerprint density at radius 1 is 1.12 bits per heavy atom. The lowest BCUT2D eigenvalue weighted by atomic mass is 9.85. The monoisotopic (exact) mass is 475 g/mol. The van der Waals surface area contributed by atoms with Crippen LogP contribution in [0.1, 0.15) is 37.3 Å². The van der Waals surface area contributed by atoms with Gasteiger partial charge in [0, 0.05) is 31.5 Å². The third-order valence-corrected chi connectivity index (χ3v) is 7.21. The molecule has 0 radical (unpaired) electrons. The second-order valence-electron chi connectivity index (χ2n) is 9.15. The SMILES string of the molecule is COc1cc(O)c(C(C(=O)CN2CC(C)CC(C)C2)c2cccc(S(C)(=O)=O)c2)c(OC)c1. The summed E-state index contributed by atoms with van der Waals surface area (Å²) in [6, 6.07) is 9.37. The smallest absolute Gasteiger partial charge is 0.175 e. The number of ketones is 1. The van der Waals surface area contributed by atoms with Crippen LogP contribution in [0, 0.1) is 11.8 Å². The van der Waals surface area contributed by atoms with E-state index in [-0.39, 0.29) is 23.0 Å². The molecule has 0 bridgehead atoms. The molecule has 7 nitrogen and oxygen atoms in total. The van der Waals surface area contributed by atoms with Gasteiger partial charge in [-0.15, -0.1) is 0 Å². The van der Waals surface area contributed by atoms with Gasteiger partial charge in [-0.2, -0.15) is 0 Å². The number of phenols is 1. The zero-order chi connectivity index (χ0) is 24.3. The second-order valence-corrected chi connectivity index (χ2v) is 11.2. The van der Waals surface area contributed by atoms with E-state index in [0.717, 1.165) is 25.8 Å². The van der Waals surface area contributed by atoms with Crippen molar-refractivity contribution in [3.05, 3.63) is 47.5 Å². The van der Waals surface area contributed by atoms with Crippen molar-refractivity contribution in [2.45, 2.75) is 31.1 Å². The van der Waals surface area contributed by atoms with Gasteiger partial charge in [0.15, 0.2) is 15.6 Å². The molecule has 33 heavy (non-hydrogen) atoms. The lowest BCUT2D eigenvalue weighted by Gasteiger charge is -2.35. The summed E-state index contributed by atoms with van der Waals surface area (Å²) in [7, 11) is -0.545. The van der Waals surface area contributed by atoms with E-state index < -0.39 is 15.8 Å². The van der Waals surface area contributed by atoms with Crippen molar-refractivity contribution in [1.29, 1.82) is 0 Å². The van der Waals surface area contributed by atoms with Crippen LogP contribution in [0.25, 0.3) is 0 Å². The number of nitrogens with zero attached hydrogens (tertiary/aromatic N) is 1. The lowest BCUT2D eigenvalue weighted by molar-refractivity contribution is -0.121. The first-order valence-corrected chi connectivity index (χ1v) is 12.9. The van der Waals surface area contributed by atoms with Gasteiger partial charge in [0.1, 0.15) is 17.2 Å². The first kappa shape index (κ1) is 25.1. The van der Waals surface area contributed by atoms with Crippen molar-refractivity contribution >= 4 is 15.6 Å². The Bertz CT molecular complexity index is 1100. The largest absolute Gasteiger partial charge is 0.507 e. The summed E-state index contributed by atoms with van der Waals surface area (Å²) in [5.74, 6) is 0.476. The summed E-state index contributed by atoms with van der Waals surface area (Å²) in [6.45, 7) is 6.18. The summed E-state index contributed by atoms with van der Waals surface area (Å²) in [6.07, 6.45) is 2.25. The third kappa shape index (κ3) is 5.86. The Kier molecular flexibility index (Phi) is 7.69. The molecule has 0 aliphatic carbocycles. The van der Waals surface area contributed by atoms with Gasteiger partial charge in [-0.05, 0) is 36.0 Å². The molecule has 3 rings (SSSR count). The number of methoxy groups -OCH3 is 2. The van der Waals surface area contributed by atoms with E-state index >= 15 is 0 Å². The number of sulfone groups is 1. The average molecular weight is 476 g/mol. The molecule has 0 aromatic heterocycles. The van der Waals surface area contributed by atoms with Crippen molar-refractivity contribution in [3.63, 3.8) is 0 Å². The molecule has 0 amide bonds. The molecule has 0 spiro atoms. The number of benzene rings is 2. The van der Waals surface area contributed by atoms with Crippen LogP contribution in [0.15, 0.2) is 41.3 Å². The topological polar surface area (TPSA) is 93.1 Å². The standard InChI is InChI=1S/C25H33NO6S/c1-16-9-17(2)14-26(13-16)15-22(28)24(18-7-6-8-20(10-18)33(5,29)30)25-21(27)11-19(31-3)12-23(25)32-4/h6-8,10-12,16-17,24,27H,9,13-15H2,1-5H3. The van der Waals surface area contributed by atoms with Crippen molar-refractivity contribution in [1.82, 2.24) is 4.90 Å². The molecule has 1 heterocycles. The van der Waals surface area contributed by atoms with Crippen LogP contribution in [0.3, 0.4) is 0 Å². The van der Waals surface area contributed by atoms with Crippen LogP contribution in [-0.2, 0) is 14.6 Å². The molecular weight excluding hydrogens is 442 g/mol. The van der Waals surface area contributed by atoms with E-state index in [0.29, 0.717) is 34.5 Å². The first-order valence-electron chi connectivity index (χ1n) is 11.0. The molecule has 1 aliphatic heterocycles. The molecule has 3 atom stereocenters. The molecule has 8 heteroatoms. The van der Waals surface area contributed by atoms with Gasteiger partial charge in [-0.1, -0.05) is 26.0 Å². The Hall–Kier alpha value is -2.58. The first-order chi connectivity index (χ1) is 15.5. The fourth-order valence-electron chi connectivity index (χ4n) is 4.84. The van der Waals surface area contributed by atoms with Crippen LogP contribution in [-0.4, -0.2) is 64.3 Å². The molecular formula is C25H33NO6S. The highest BCUT2D eigenvalue weighted by Crippen LogP contribution is 2.42. The number of rotatable bonds is 8. The number of Topliss-reactive ketones (excluding diaryl/α,β-unsaturated/α-hetero) is 1. The molecule has 1 N–H and O–H groups in total. The molecule has 0 saturated carbocycles. The minimum atomic E-state index is -3.48. The molecule has 1 saturated heterocycles. The number of piperidine rings is 1. The van der Waals surface area contributed by atoms with Crippen molar-refractivity contribution in [2.75, 3.05) is 40.1 Å². The van der Waals surface area contributed by atoms with E-state index in [1.807, 2.05) is 0 Å². The molecule has 1 aliphatic rings. The van der Waals surface area contributed by atoms with E-state index in [1.165, 1.54) is 32.4 Å². The van der Waals surface area contributed by atoms with Crippen LogP contribution < -0.4 is 9.47 Å². The van der Waals surface area contributed by atoms with Crippen molar-refractivity contribution in [2.24, 2.45) is 11.8 Å². The normalized spacial score (nSPS) is 20.3. The molecule has 1 fully saturated rings. The average Bonchev–Trinajstić information content (AvgIpc) is 2.73. The maximum Gasteiger partial charge on any atom is 0.175 e. The Balaban J connectivity index is 2.11. The van der Waals surface area contributed by atoms with E-state index in [2.05, 4.69) is 18.7 Å². The van der Waals surface area contributed by atoms with E-state index in [1.54, 1.807) is 18.2 Å². The Labute approximate surface area is 196 Å². The van der Waals surface area contributed by atoms with Crippen LogP contribution >= 0.6 is 0 Å². The van der Waals surface area contributed by atoms with Crippen LogP contribution in [0.5, 0.6) is 17.2 Å². The predicted molar refractivity (Wildman–Crippen MR) is 127 cm³/mol. The lowest BCUT2D eigenvalue weighted by Crippen LogP contribution is -2.42. The summed E-state index contributed by atoms with van der Waals surface area (Å²) in [4.78, 5) is 16.0. The van der Waals surface area contributed by atoms with Gasteiger partial charge in [-0.3, -0.25) is 9.69 Å². The minimum Gasteiger partial charge on any atom is -0.507 e. The zero-order valence-corrected chi connectivity index (χ0v) is 20.7. The van der Waals surface area contributed by atoms with Gasteiger partial charge in [0.05, 0.1) is 37.1 Å². The second kappa shape index (κ2) is 10.1. The van der Waals surface area contributed by atoms with Crippen molar-refractivity contribution < 1.29 is 27.8 Å². The summed E-state index contributed by atoms with van der Waals surface area (Å²) in [5, 5.41) is 10.9. The van der Waals surface area contributed by atoms with Gasteiger partial charge < -0.3 is 14.6 Å². The van der Waals surface area contributed by atoms with Crippen LogP contribution in [0.2, 0.25) is 0 Å². The number of hydrogen-bond donors (Lipinski definition) is 1. The number of carbonyl (C=O) groups excluding carboxylic acids is 1. The Morgan fingerprint density at radius 2 is 1.79 bits per heavy atom. The summed E-state index contributed by atoms with van der Waals surface area (Å²) >= 11 is 0. The summed E-state index contributed by atoms with van der Waals surface area (Å²) in [5.41, 5.74) is 0.784. The molecule has 180 valence electrons. The van der Waals surface area contributed by atoms with Crippen molar-refractivity contribution in [3.8, 4) is 17.2 Å². The Morgan fingerprint density at radius 3 is 2.36 bits per heavy atom. The molecule has 3 unspecified atom stereocenters. The van der Waals surface area contributed by atoms with Gasteiger partial charge >= 0.3 is 0 Å². The number of hydrogen-bond acceptors (Lipinski definition) is 7. The highest BCUT2D eigenvalue weighted by molar-refractivity contribution is 7.90. The quantitative estimate of drug-likeness (QED) is 0.625. The van der Waals surface area contributed by atoms with E-state index in [9.17, 15) is 18.3 Å². The minimum absolute atomic E-state index is 0.116. The number of ether oxygens (including phenoxy) is 2. The fraction of sp³-hybridized carbons (Fsp3) is 0.480. The van der Waals surface area contributed by atoms with Crippen LogP contribution in [0.4, 0.5) is 0 Å². The number of carbonyl (C=O) groups is 1. The summed E-state index contributed by atoms with van der Waals surface area (Å²) < 4.78 is 35.1. The number of likely N-dealkylation sites (tertiary alicyclic amines) is 1. The van der Waals surface area contributed by atoms with Gasteiger partial charge in [0.25, 0.3) is 0 Å². The maximum atomic E-state index is 13.8. The van der Waals surface area contributed by atoms with Gasteiger partial charge in [-0.25, -0.2) is 8.42 Å². The highest BCUT2D eigenvalue weighted by atomic mass is 32.2. The number of aromatic hydroxyl groups is 1. The fourth-order valence-corrected chi connectivity index (χ4v) is 5.51. The molecule has 2 aromatic carbocycles. The maximum absolute atomic E-state index is 13.8. The molecule has 2 aromatic rings. The highest BCUT2D eigenvalue weighted by Gasteiger charge is 2.32.